The van der Waals surface area contributed by atoms with E-state index in [0.29, 0.717) is 13.0 Å². The first-order chi connectivity index (χ1) is 10.00. The summed E-state index contributed by atoms with van der Waals surface area (Å²) in [6, 6.07) is -0.279. The third-order valence-electron chi connectivity index (χ3n) is 4.61. The molecule has 0 aromatic rings. The first-order valence-corrected chi connectivity index (χ1v) is 9.97. The summed E-state index contributed by atoms with van der Waals surface area (Å²) in [4.78, 5) is 24.7. The highest BCUT2D eigenvalue weighted by Crippen LogP contribution is 2.31. The van der Waals surface area contributed by atoms with Gasteiger partial charge in [0.05, 0.1) is 17.0 Å². The SMILES string of the molecule is O=C1CSC(=O)N1C1CCN(S(=O)(=O)C2CCCCC2)C1. The Morgan fingerprint density at radius 2 is 1.76 bits per heavy atom. The molecule has 6 nitrogen and oxygen atoms in total. The van der Waals surface area contributed by atoms with E-state index in [0.717, 1.165) is 43.9 Å². The number of thioether (sulfide) groups is 1. The average molecular weight is 332 g/mol. The number of sulfonamides is 1. The van der Waals surface area contributed by atoms with Crippen LogP contribution >= 0.6 is 11.8 Å². The van der Waals surface area contributed by atoms with E-state index in [2.05, 4.69) is 0 Å². The quantitative estimate of drug-likeness (QED) is 0.781. The van der Waals surface area contributed by atoms with Crippen LogP contribution < -0.4 is 0 Å². The average Bonchev–Trinajstić information content (AvgIpc) is 3.07. The maximum atomic E-state index is 12.6. The number of nitrogens with zero attached hydrogens (tertiary/aromatic N) is 2. The third kappa shape index (κ3) is 2.85. The van der Waals surface area contributed by atoms with E-state index >= 15 is 0 Å². The minimum absolute atomic E-state index is 0.185. The van der Waals surface area contributed by atoms with Crippen LogP contribution in [0.2, 0.25) is 0 Å². The van der Waals surface area contributed by atoms with Crippen molar-refractivity contribution in [2.45, 2.75) is 49.8 Å². The molecule has 1 saturated carbocycles. The summed E-state index contributed by atoms with van der Waals surface area (Å²) in [6.07, 6.45) is 5.09. The molecule has 0 bridgehead atoms. The van der Waals surface area contributed by atoms with E-state index in [-0.39, 0.29) is 34.7 Å². The van der Waals surface area contributed by atoms with Gasteiger partial charge >= 0.3 is 0 Å². The molecule has 0 N–H and O–H groups in total. The maximum absolute atomic E-state index is 12.6. The summed E-state index contributed by atoms with van der Waals surface area (Å²) in [6.45, 7) is 0.697. The summed E-state index contributed by atoms with van der Waals surface area (Å²) in [5.74, 6) is -0.00282. The summed E-state index contributed by atoms with van der Waals surface area (Å²) < 4.78 is 26.8. The monoisotopic (exact) mass is 332 g/mol. The van der Waals surface area contributed by atoms with Crippen LogP contribution in [0.1, 0.15) is 38.5 Å². The molecule has 21 heavy (non-hydrogen) atoms. The van der Waals surface area contributed by atoms with Crippen molar-refractivity contribution in [3.63, 3.8) is 0 Å². The summed E-state index contributed by atoms with van der Waals surface area (Å²) in [5.41, 5.74) is 0. The van der Waals surface area contributed by atoms with Crippen molar-refractivity contribution in [1.29, 1.82) is 0 Å². The smallest absolute Gasteiger partial charge is 0.273 e. The highest BCUT2D eigenvalue weighted by Gasteiger charge is 2.43. The molecule has 2 saturated heterocycles. The lowest BCUT2D eigenvalue weighted by Gasteiger charge is -2.27. The molecule has 0 spiro atoms. The Hall–Kier alpha value is -0.600. The molecule has 2 heterocycles. The summed E-state index contributed by atoms with van der Waals surface area (Å²) in [5, 5.41) is -0.508. The van der Waals surface area contributed by atoms with Crippen LogP contribution in [0.5, 0.6) is 0 Å². The lowest BCUT2D eigenvalue weighted by molar-refractivity contribution is -0.126. The van der Waals surface area contributed by atoms with E-state index in [1.54, 1.807) is 0 Å². The third-order valence-corrected chi connectivity index (χ3v) is 7.81. The lowest BCUT2D eigenvalue weighted by Crippen LogP contribution is -2.43. The second-order valence-electron chi connectivity index (χ2n) is 5.92. The molecule has 3 rings (SSSR count). The predicted octanol–water partition coefficient (Wildman–Crippen LogP) is 1.42. The van der Waals surface area contributed by atoms with E-state index in [1.807, 2.05) is 0 Å². The summed E-state index contributed by atoms with van der Waals surface area (Å²) in [7, 11) is -3.28. The zero-order valence-electron chi connectivity index (χ0n) is 11.9. The van der Waals surface area contributed by atoms with Crippen molar-refractivity contribution in [3.05, 3.63) is 0 Å². The molecule has 3 fully saturated rings. The van der Waals surface area contributed by atoms with E-state index < -0.39 is 10.0 Å². The van der Waals surface area contributed by atoms with E-state index in [9.17, 15) is 18.0 Å². The van der Waals surface area contributed by atoms with Crippen LogP contribution in [0.15, 0.2) is 0 Å². The molecule has 1 unspecified atom stereocenters. The number of rotatable bonds is 3. The molecular formula is C13H20N2O4S2. The molecule has 2 amide bonds. The van der Waals surface area contributed by atoms with Crippen molar-refractivity contribution in [2.24, 2.45) is 0 Å². The first-order valence-electron chi connectivity index (χ1n) is 7.48. The van der Waals surface area contributed by atoms with Gasteiger partial charge in [-0.1, -0.05) is 31.0 Å². The minimum atomic E-state index is -3.28. The Morgan fingerprint density at radius 3 is 2.38 bits per heavy atom. The van der Waals surface area contributed by atoms with Gasteiger partial charge in [0, 0.05) is 13.1 Å². The number of imide groups is 1. The molecule has 1 atom stereocenters. The van der Waals surface area contributed by atoms with Crippen LogP contribution in [-0.2, 0) is 14.8 Å². The van der Waals surface area contributed by atoms with Gasteiger partial charge in [-0.2, -0.15) is 4.31 Å². The molecule has 3 aliphatic rings. The standard InChI is InChI=1S/C13H20N2O4S2/c16-12-9-20-13(17)15(12)10-6-7-14(8-10)21(18,19)11-4-2-1-3-5-11/h10-11H,1-9H2. The van der Waals surface area contributed by atoms with Gasteiger partial charge in [-0.25, -0.2) is 8.42 Å². The molecule has 0 aromatic carbocycles. The molecule has 0 radical (unpaired) electrons. The van der Waals surface area contributed by atoms with Gasteiger partial charge in [0.2, 0.25) is 15.9 Å². The van der Waals surface area contributed by atoms with Crippen molar-refractivity contribution in [2.75, 3.05) is 18.8 Å². The number of carbonyl (C=O) groups excluding carboxylic acids is 2. The second kappa shape index (κ2) is 5.89. The fourth-order valence-corrected chi connectivity index (χ4v) is 6.31. The molecular weight excluding hydrogens is 312 g/mol. The second-order valence-corrected chi connectivity index (χ2v) is 9.06. The zero-order chi connectivity index (χ0) is 15.0. The lowest BCUT2D eigenvalue weighted by atomic mass is 10.0. The predicted molar refractivity (Wildman–Crippen MR) is 80.5 cm³/mol. The van der Waals surface area contributed by atoms with Crippen molar-refractivity contribution in [3.8, 4) is 0 Å². The summed E-state index contributed by atoms with van der Waals surface area (Å²) >= 11 is 1.01. The number of carbonyl (C=O) groups is 2. The van der Waals surface area contributed by atoms with Crippen molar-refractivity contribution in [1.82, 2.24) is 9.21 Å². The van der Waals surface area contributed by atoms with Gasteiger partial charge in [0.15, 0.2) is 0 Å². The maximum Gasteiger partial charge on any atom is 0.289 e. The number of hydrogen-bond acceptors (Lipinski definition) is 5. The van der Waals surface area contributed by atoms with E-state index in [4.69, 9.17) is 0 Å². The Morgan fingerprint density at radius 1 is 1.05 bits per heavy atom. The van der Waals surface area contributed by atoms with Gasteiger partial charge in [-0.3, -0.25) is 14.5 Å². The highest BCUT2D eigenvalue weighted by atomic mass is 32.2. The van der Waals surface area contributed by atoms with Gasteiger partial charge in [0.1, 0.15) is 0 Å². The molecule has 0 aromatic heterocycles. The molecule has 8 heteroatoms. The van der Waals surface area contributed by atoms with Gasteiger partial charge in [-0.05, 0) is 19.3 Å². The number of amides is 2. The normalized spacial score (nSPS) is 29.5. The van der Waals surface area contributed by atoms with Gasteiger partial charge < -0.3 is 0 Å². The van der Waals surface area contributed by atoms with Crippen LogP contribution in [0, 0.1) is 0 Å². The van der Waals surface area contributed by atoms with Crippen LogP contribution in [0.4, 0.5) is 4.79 Å². The van der Waals surface area contributed by atoms with Crippen LogP contribution in [0.25, 0.3) is 0 Å². The Kier molecular flexibility index (Phi) is 4.29. The number of hydrogen-bond donors (Lipinski definition) is 0. The topological polar surface area (TPSA) is 74.8 Å². The van der Waals surface area contributed by atoms with Gasteiger partial charge in [-0.15, -0.1) is 0 Å². The van der Waals surface area contributed by atoms with Crippen LogP contribution in [-0.4, -0.2) is 58.9 Å². The van der Waals surface area contributed by atoms with Crippen LogP contribution in [0.3, 0.4) is 0 Å². The minimum Gasteiger partial charge on any atom is -0.273 e. The fraction of sp³-hybridized carbons (Fsp3) is 0.846. The Labute approximate surface area is 129 Å². The first kappa shape index (κ1) is 15.3. The zero-order valence-corrected chi connectivity index (χ0v) is 13.5. The van der Waals surface area contributed by atoms with Gasteiger partial charge in [0.25, 0.3) is 5.24 Å². The Bertz CT molecular complexity index is 526. The molecule has 118 valence electrons. The molecule has 2 aliphatic heterocycles. The highest BCUT2D eigenvalue weighted by molar-refractivity contribution is 8.14. The molecule has 1 aliphatic carbocycles. The largest absolute Gasteiger partial charge is 0.289 e. The van der Waals surface area contributed by atoms with E-state index in [1.165, 1.54) is 9.21 Å². The van der Waals surface area contributed by atoms with Crippen molar-refractivity contribution >= 4 is 32.9 Å². The fourth-order valence-electron chi connectivity index (χ4n) is 3.44. The van der Waals surface area contributed by atoms with Crippen molar-refractivity contribution < 1.29 is 18.0 Å². The Balaban J connectivity index is 1.69.